The quantitative estimate of drug-likeness (QED) is 0.127. The second-order valence-corrected chi connectivity index (χ2v) is 15.1. The van der Waals surface area contributed by atoms with Crippen LogP contribution in [-0.4, -0.2) is 25.5 Å². The van der Waals surface area contributed by atoms with Crippen molar-refractivity contribution in [1.29, 1.82) is 0 Å². The van der Waals surface area contributed by atoms with Gasteiger partial charge in [0.15, 0.2) is 6.10 Å². The molecule has 300 valence electrons. The minimum Gasteiger partial charge on any atom is -0.494 e. The molecule has 4 aromatic rings. The van der Waals surface area contributed by atoms with Crippen molar-refractivity contribution < 1.29 is 27.4 Å². The van der Waals surface area contributed by atoms with Gasteiger partial charge in [0.1, 0.15) is 17.2 Å². The lowest BCUT2D eigenvalue weighted by molar-refractivity contribution is -0.189. The van der Waals surface area contributed by atoms with E-state index in [0.29, 0.717) is 17.8 Å². The number of hydrogen-bond donors (Lipinski definition) is 0. The predicted octanol–water partition coefficient (Wildman–Crippen LogP) is 15.2. The summed E-state index contributed by atoms with van der Waals surface area (Å²) in [7, 11) is 0. The normalized spacial score (nSPS) is 11.6. The molecular weight excluding hydrogens is 682 g/mol. The lowest BCUT2D eigenvalue weighted by Crippen LogP contribution is -2.31. The first kappa shape index (κ1) is 48.1. The first-order valence-electron chi connectivity index (χ1n) is 19.7. The Bertz CT molecular complexity index is 1540. The van der Waals surface area contributed by atoms with E-state index in [1.54, 1.807) is 12.1 Å². The molecule has 0 N–H and O–H groups in total. The van der Waals surface area contributed by atoms with Crippen LogP contribution < -0.4 is 14.2 Å². The van der Waals surface area contributed by atoms with Gasteiger partial charge in [0.25, 0.3) is 0 Å². The minimum atomic E-state index is -4.33. The summed E-state index contributed by atoms with van der Waals surface area (Å²) in [5.41, 5.74) is 7.88. The van der Waals surface area contributed by atoms with Crippen molar-refractivity contribution >= 4 is 0 Å². The molecule has 0 aromatic heterocycles. The van der Waals surface area contributed by atoms with E-state index in [-0.39, 0.29) is 11.7 Å². The van der Waals surface area contributed by atoms with Gasteiger partial charge in [-0.05, 0) is 116 Å². The number of hydrogen-bond acceptors (Lipinski definition) is 3. The average Bonchev–Trinajstić information content (AvgIpc) is 3.11. The Kier molecular flexibility index (Phi) is 22.4. The van der Waals surface area contributed by atoms with Crippen LogP contribution in [0.3, 0.4) is 0 Å². The summed E-state index contributed by atoms with van der Waals surface area (Å²) in [6.45, 7) is 28.4. The first-order valence-corrected chi connectivity index (χ1v) is 19.7. The molecule has 0 aliphatic carbocycles. The molecule has 54 heavy (non-hydrogen) atoms. The molecule has 6 heteroatoms. The van der Waals surface area contributed by atoms with Crippen molar-refractivity contribution in [3.8, 4) is 17.2 Å². The third-order valence-electron chi connectivity index (χ3n) is 8.54. The van der Waals surface area contributed by atoms with E-state index in [1.165, 1.54) is 40.3 Å². The van der Waals surface area contributed by atoms with E-state index in [4.69, 9.17) is 14.2 Å². The summed E-state index contributed by atoms with van der Waals surface area (Å²) in [6, 6.07) is 30.3. The van der Waals surface area contributed by atoms with Crippen molar-refractivity contribution in [3.05, 3.63) is 124 Å². The number of aryl methyl sites for hydroxylation is 2. The molecule has 0 amide bonds. The molecule has 0 saturated heterocycles. The molecule has 0 radical (unpaired) electrons. The van der Waals surface area contributed by atoms with Crippen LogP contribution in [-0.2, 0) is 0 Å². The van der Waals surface area contributed by atoms with Crippen LogP contribution in [0, 0.1) is 13.8 Å². The number of halogens is 3. The fraction of sp³-hybridized carbons (Fsp3) is 0.500. The Labute approximate surface area is 326 Å². The molecule has 4 rings (SSSR count). The number of benzene rings is 4. The van der Waals surface area contributed by atoms with Gasteiger partial charge in [-0.3, -0.25) is 0 Å². The number of unbranched alkanes of at least 4 members (excludes halogenated alkanes) is 1. The molecule has 1 unspecified atom stereocenters. The summed E-state index contributed by atoms with van der Waals surface area (Å²) in [6.07, 6.45) is -2.73. The van der Waals surface area contributed by atoms with Crippen molar-refractivity contribution in [1.82, 2.24) is 0 Å². The molecule has 0 bridgehead atoms. The molecule has 4 aromatic carbocycles. The zero-order valence-electron chi connectivity index (χ0n) is 35.4. The largest absolute Gasteiger partial charge is 0.494 e. The standard InChI is InChI=1S/C13H20O.C12H15F3O.C12H18O.C11H16/c1-4-5-10-14-13-8-6-12(7-9-13)11(2)3;1-8(2)10-5-4-6-11(7-10)16-9(3)12(13,14)15;1-4-9-13-12-7-5-11(6-8-12)10(2)3;1-8(2)11-6-9(3)5-10(4)7-11/h6-9,11H,4-5,10H2,1-3H3;4-9H,1-3H3;5-8,10H,4,9H2,1-3H3;5-8H,1-4H3. The van der Waals surface area contributed by atoms with Gasteiger partial charge in [0, 0.05) is 0 Å². The molecule has 0 aliphatic heterocycles. The maximum atomic E-state index is 12.3. The van der Waals surface area contributed by atoms with Gasteiger partial charge < -0.3 is 14.2 Å². The van der Waals surface area contributed by atoms with Crippen molar-refractivity contribution in [2.24, 2.45) is 0 Å². The number of alkyl halides is 3. The summed E-state index contributed by atoms with van der Waals surface area (Å²) >= 11 is 0. The second-order valence-electron chi connectivity index (χ2n) is 15.1. The van der Waals surface area contributed by atoms with Crippen molar-refractivity contribution in [2.45, 2.75) is 145 Å². The lowest BCUT2D eigenvalue weighted by Gasteiger charge is -2.18. The van der Waals surface area contributed by atoms with E-state index < -0.39 is 12.3 Å². The van der Waals surface area contributed by atoms with Crippen molar-refractivity contribution in [3.63, 3.8) is 0 Å². The highest BCUT2D eigenvalue weighted by Gasteiger charge is 2.38. The number of ether oxygens (including phenoxy) is 3. The highest BCUT2D eigenvalue weighted by atomic mass is 19.4. The van der Waals surface area contributed by atoms with Gasteiger partial charge in [-0.25, -0.2) is 0 Å². The second kappa shape index (κ2) is 25.2. The minimum absolute atomic E-state index is 0.260. The highest BCUT2D eigenvalue weighted by Crippen LogP contribution is 2.27. The first-order chi connectivity index (χ1) is 25.4. The van der Waals surface area contributed by atoms with Gasteiger partial charge >= 0.3 is 6.18 Å². The SMILES string of the molecule is CC(C)c1cccc(OC(C)C(F)(F)F)c1.CCCCOc1ccc(C(C)C)cc1.CCCOc1ccc(C(C)C)cc1.Cc1cc(C)cc(C(C)C)c1. The Morgan fingerprint density at radius 1 is 0.481 bits per heavy atom. The molecule has 0 saturated carbocycles. The Balaban J connectivity index is 0.000000363. The van der Waals surface area contributed by atoms with Gasteiger partial charge in [-0.15, -0.1) is 0 Å². The third kappa shape index (κ3) is 19.9. The molecular formula is C48H69F3O3. The highest BCUT2D eigenvalue weighted by molar-refractivity contribution is 5.32. The van der Waals surface area contributed by atoms with E-state index in [1.807, 2.05) is 32.0 Å². The maximum Gasteiger partial charge on any atom is 0.425 e. The third-order valence-corrected chi connectivity index (χ3v) is 8.54. The van der Waals surface area contributed by atoms with E-state index in [2.05, 4.69) is 124 Å². The van der Waals surface area contributed by atoms with Crippen LogP contribution in [0.1, 0.15) is 152 Å². The fourth-order valence-corrected chi connectivity index (χ4v) is 5.01. The molecule has 3 nitrogen and oxygen atoms in total. The summed E-state index contributed by atoms with van der Waals surface area (Å²) in [5, 5.41) is 0. The topological polar surface area (TPSA) is 27.7 Å². The lowest BCUT2D eigenvalue weighted by atomic mass is 9.99. The van der Waals surface area contributed by atoms with Crippen LogP contribution >= 0.6 is 0 Å². The van der Waals surface area contributed by atoms with Gasteiger partial charge in [0.2, 0.25) is 0 Å². The average molecular weight is 751 g/mol. The predicted molar refractivity (Wildman–Crippen MR) is 224 cm³/mol. The Hall–Kier alpha value is -3.93. The fourth-order valence-electron chi connectivity index (χ4n) is 5.01. The molecule has 1 atom stereocenters. The maximum absolute atomic E-state index is 12.3. The zero-order chi connectivity index (χ0) is 40.8. The van der Waals surface area contributed by atoms with E-state index in [9.17, 15) is 13.2 Å². The van der Waals surface area contributed by atoms with Crippen LogP contribution in [0.5, 0.6) is 17.2 Å². The zero-order valence-corrected chi connectivity index (χ0v) is 35.4. The molecule has 0 spiro atoms. The number of rotatable bonds is 13. The molecule has 0 aliphatic rings. The van der Waals surface area contributed by atoms with Crippen molar-refractivity contribution in [2.75, 3.05) is 13.2 Å². The smallest absolute Gasteiger partial charge is 0.425 e. The van der Waals surface area contributed by atoms with Gasteiger partial charge in [0.05, 0.1) is 13.2 Å². The Morgan fingerprint density at radius 2 is 0.926 bits per heavy atom. The van der Waals surface area contributed by atoms with Crippen LogP contribution in [0.25, 0.3) is 0 Å². The molecule has 0 fully saturated rings. The van der Waals surface area contributed by atoms with Crippen LogP contribution in [0.4, 0.5) is 13.2 Å². The van der Waals surface area contributed by atoms with E-state index >= 15 is 0 Å². The molecule has 0 heterocycles. The summed E-state index contributed by atoms with van der Waals surface area (Å²) in [4.78, 5) is 0. The van der Waals surface area contributed by atoms with Crippen LogP contribution in [0.2, 0.25) is 0 Å². The monoisotopic (exact) mass is 751 g/mol. The summed E-state index contributed by atoms with van der Waals surface area (Å²) in [5.74, 6) is 4.34. The summed E-state index contributed by atoms with van der Waals surface area (Å²) < 4.78 is 52.7. The van der Waals surface area contributed by atoms with E-state index in [0.717, 1.165) is 50.0 Å². The van der Waals surface area contributed by atoms with Crippen LogP contribution in [0.15, 0.2) is 91.0 Å². The Morgan fingerprint density at radius 3 is 1.31 bits per heavy atom. The van der Waals surface area contributed by atoms with Gasteiger partial charge in [-0.2, -0.15) is 13.2 Å². The van der Waals surface area contributed by atoms with Gasteiger partial charge in [-0.1, -0.05) is 141 Å².